The van der Waals surface area contributed by atoms with E-state index in [-0.39, 0.29) is 29.8 Å². The summed E-state index contributed by atoms with van der Waals surface area (Å²) in [6.07, 6.45) is 4.01. The number of esters is 1. The molecule has 4 heteroatoms. The van der Waals surface area contributed by atoms with E-state index in [9.17, 15) is 9.59 Å². The number of nitrogens with one attached hydrogen (secondary N) is 1. The van der Waals surface area contributed by atoms with Crippen molar-refractivity contribution in [2.75, 3.05) is 0 Å². The minimum atomic E-state index is -0.441. The molecular formula is C12H17NO3. The lowest BCUT2D eigenvalue weighted by Gasteiger charge is -2.44. The first kappa shape index (κ1) is 11.2. The molecule has 3 unspecified atom stereocenters. The highest BCUT2D eigenvalue weighted by atomic mass is 16.6. The molecular weight excluding hydrogens is 206 g/mol. The van der Waals surface area contributed by atoms with Crippen LogP contribution in [0.5, 0.6) is 0 Å². The van der Waals surface area contributed by atoms with Crippen molar-refractivity contribution < 1.29 is 14.3 Å². The molecule has 3 atom stereocenters. The Morgan fingerprint density at radius 2 is 2.19 bits per heavy atom. The van der Waals surface area contributed by atoms with Gasteiger partial charge in [-0.3, -0.25) is 9.59 Å². The standard InChI is InChI=1S/C12H17NO3/c1-12(2,3)16-11(15)8-6-9-7(8)4-5-10(14)13-9/h4-5,7-9H,6H2,1-3H3,(H,13,14). The second kappa shape index (κ2) is 3.61. The lowest BCUT2D eigenvalue weighted by molar-refractivity contribution is -0.167. The van der Waals surface area contributed by atoms with E-state index in [0.717, 1.165) is 0 Å². The zero-order valence-corrected chi connectivity index (χ0v) is 9.82. The van der Waals surface area contributed by atoms with Crippen molar-refractivity contribution in [2.24, 2.45) is 11.8 Å². The van der Waals surface area contributed by atoms with E-state index in [1.807, 2.05) is 26.8 Å². The predicted molar refractivity (Wildman–Crippen MR) is 58.5 cm³/mol. The summed E-state index contributed by atoms with van der Waals surface area (Å²) in [6.45, 7) is 5.58. The minimum Gasteiger partial charge on any atom is -0.460 e. The molecule has 1 saturated carbocycles. The van der Waals surface area contributed by atoms with Crippen LogP contribution < -0.4 is 5.32 Å². The average Bonchev–Trinajstić information content (AvgIpc) is 2.06. The molecule has 0 radical (unpaired) electrons. The summed E-state index contributed by atoms with van der Waals surface area (Å²) < 4.78 is 5.33. The summed E-state index contributed by atoms with van der Waals surface area (Å²) >= 11 is 0. The molecule has 1 fully saturated rings. The first-order valence-electron chi connectivity index (χ1n) is 5.58. The van der Waals surface area contributed by atoms with Crippen LogP contribution in [0.4, 0.5) is 0 Å². The Labute approximate surface area is 95.0 Å². The van der Waals surface area contributed by atoms with Crippen LogP contribution in [0.2, 0.25) is 0 Å². The highest BCUT2D eigenvalue weighted by Crippen LogP contribution is 2.39. The summed E-state index contributed by atoms with van der Waals surface area (Å²) in [5.41, 5.74) is -0.441. The first-order chi connectivity index (χ1) is 7.37. The Bertz CT molecular complexity index is 354. The van der Waals surface area contributed by atoms with Crippen LogP contribution in [0.15, 0.2) is 12.2 Å². The van der Waals surface area contributed by atoms with Gasteiger partial charge in [-0.05, 0) is 33.3 Å². The van der Waals surface area contributed by atoms with Crippen LogP contribution in [0.3, 0.4) is 0 Å². The van der Waals surface area contributed by atoms with Crippen molar-refractivity contribution in [1.82, 2.24) is 5.32 Å². The lowest BCUT2D eigenvalue weighted by atomic mass is 9.68. The van der Waals surface area contributed by atoms with Crippen LogP contribution in [-0.2, 0) is 14.3 Å². The number of hydrogen-bond acceptors (Lipinski definition) is 3. The molecule has 0 spiro atoms. The van der Waals surface area contributed by atoms with Gasteiger partial charge in [-0.15, -0.1) is 0 Å². The maximum absolute atomic E-state index is 11.8. The van der Waals surface area contributed by atoms with E-state index < -0.39 is 5.60 Å². The smallest absolute Gasteiger partial charge is 0.310 e. The van der Waals surface area contributed by atoms with Crippen LogP contribution in [0.1, 0.15) is 27.2 Å². The van der Waals surface area contributed by atoms with Gasteiger partial charge in [0.2, 0.25) is 5.91 Å². The second-order valence-corrected chi connectivity index (χ2v) is 5.43. The lowest BCUT2D eigenvalue weighted by Crippen LogP contribution is -2.56. The van der Waals surface area contributed by atoms with Crippen molar-refractivity contribution in [3.8, 4) is 0 Å². The van der Waals surface area contributed by atoms with Crippen LogP contribution in [0.25, 0.3) is 0 Å². The highest BCUT2D eigenvalue weighted by molar-refractivity contribution is 5.90. The van der Waals surface area contributed by atoms with Gasteiger partial charge in [0, 0.05) is 12.0 Å². The molecule has 1 amide bonds. The van der Waals surface area contributed by atoms with Crippen LogP contribution >= 0.6 is 0 Å². The van der Waals surface area contributed by atoms with Crippen molar-refractivity contribution >= 4 is 11.9 Å². The highest BCUT2D eigenvalue weighted by Gasteiger charge is 2.47. The maximum atomic E-state index is 11.8. The van der Waals surface area contributed by atoms with E-state index in [1.165, 1.54) is 6.08 Å². The van der Waals surface area contributed by atoms with Gasteiger partial charge in [0.1, 0.15) is 5.60 Å². The van der Waals surface area contributed by atoms with Gasteiger partial charge < -0.3 is 10.1 Å². The van der Waals surface area contributed by atoms with Crippen molar-refractivity contribution in [2.45, 2.75) is 38.8 Å². The Hall–Kier alpha value is -1.32. The molecule has 1 aliphatic carbocycles. The van der Waals surface area contributed by atoms with E-state index in [2.05, 4.69) is 5.32 Å². The van der Waals surface area contributed by atoms with Crippen LogP contribution in [-0.4, -0.2) is 23.5 Å². The number of hydrogen-bond donors (Lipinski definition) is 1. The monoisotopic (exact) mass is 223 g/mol. The molecule has 0 aromatic carbocycles. The number of carbonyl (C=O) groups is 2. The number of carbonyl (C=O) groups excluding carboxylic acids is 2. The van der Waals surface area contributed by atoms with Gasteiger partial charge in [-0.2, -0.15) is 0 Å². The van der Waals surface area contributed by atoms with Crippen LogP contribution in [0, 0.1) is 11.8 Å². The molecule has 16 heavy (non-hydrogen) atoms. The Morgan fingerprint density at radius 1 is 1.50 bits per heavy atom. The third kappa shape index (κ3) is 2.10. The van der Waals surface area contributed by atoms with Gasteiger partial charge in [0.05, 0.1) is 5.92 Å². The topological polar surface area (TPSA) is 55.4 Å². The second-order valence-electron chi connectivity index (χ2n) is 5.43. The fourth-order valence-corrected chi connectivity index (χ4v) is 2.16. The SMILES string of the molecule is CC(C)(C)OC(=O)C1CC2NC(=O)C=CC21. The molecule has 4 nitrogen and oxygen atoms in total. The predicted octanol–water partition coefficient (Wildman–Crippen LogP) is 1.02. The third-order valence-electron chi connectivity index (χ3n) is 2.94. The Balaban J connectivity index is 1.97. The summed E-state index contributed by atoms with van der Waals surface area (Å²) in [7, 11) is 0. The molecule has 1 N–H and O–H groups in total. The molecule has 1 heterocycles. The molecule has 2 rings (SSSR count). The van der Waals surface area contributed by atoms with Crippen molar-refractivity contribution in [1.29, 1.82) is 0 Å². The zero-order valence-electron chi connectivity index (χ0n) is 9.82. The van der Waals surface area contributed by atoms with E-state index in [1.54, 1.807) is 0 Å². The Kier molecular flexibility index (Phi) is 2.52. The summed E-state index contributed by atoms with van der Waals surface area (Å²) in [5.74, 6) is -0.202. The van der Waals surface area contributed by atoms with E-state index in [0.29, 0.717) is 6.42 Å². The fraction of sp³-hybridized carbons (Fsp3) is 0.667. The number of ether oxygens (including phenoxy) is 1. The third-order valence-corrected chi connectivity index (χ3v) is 2.94. The van der Waals surface area contributed by atoms with Gasteiger partial charge in [0.25, 0.3) is 0 Å². The molecule has 2 aliphatic rings. The Morgan fingerprint density at radius 3 is 2.75 bits per heavy atom. The number of amides is 1. The first-order valence-corrected chi connectivity index (χ1v) is 5.58. The van der Waals surface area contributed by atoms with Gasteiger partial charge >= 0.3 is 5.97 Å². The molecule has 0 aromatic heterocycles. The fourth-order valence-electron chi connectivity index (χ4n) is 2.16. The van der Waals surface area contributed by atoms with Gasteiger partial charge in [-0.25, -0.2) is 0 Å². The van der Waals surface area contributed by atoms with Crippen molar-refractivity contribution in [3.63, 3.8) is 0 Å². The van der Waals surface area contributed by atoms with Crippen molar-refractivity contribution in [3.05, 3.63) is 12.2 Å². The quantitative estimate of drug-likeness (QED) is 0.675. The average molecular weight is 223 g/mol. The molecule has 88 valence electrons. The van der Waals surface area contributed by atoms with Gasteiger partial charge in [0.15, 0.2) is 0 Å². The molecule has 0 saturated heterocycles. The molecule has 0 bridgehead atoms. The number of fused-ring (bicyclic) bond motifs is 1. The maximum Gasteiger partial charge on any atom is 0.310 e. The molecule has 0 aromatic rings. The van der Waals surface area contributed by atoms with E-state index in [4.69, 9.17) is 4.74 Å². The van der Waals surface area contributed by atoms with Gasteiger partial charge in [-0.1, -0.05) is 6.08 Å². The zero-order chi connectivity index (χ0) is 11.9. The summed E-state index contributed by atoms with van der Waals surface area (Å²) in [5, 5.41) is 2.83. The number of rotatable bonds is 1. The summed E-state index contributed by atoms with van der Waals surface area (Å²) in [6, 6.07) is 0.120. The normalized spacial score (nSPS) is 32.4. The van der Waals surface area contributed by atoms with E-state index >= 15 is 0 Å². The minimum absolute atomic E-state index is 0.0658. The molecule has 1 aliphatic heterocycles. The summed E-state index contributed by atoms with van der Waals surface area (Å²) in [4.78, 5) is 22.9. The largest absolute Gasteiger partial charge is 0.460 e.